The maximum atomic E-state index is 13.2. The summed E-state index contributed by atoms with van der Waals surface area (Å²) in [6.45, 7) is 2.80. The predicted octanol–water partition coefficient (Wildman–Crippen LogP) is 3.98. The van der Waals surface area contributed by atoms with E-state index in [0.29, 0.717) is 60.1 Å². The van der Waals surface area contributed by atoms with Crippen molar-refractivity contribution in [2.45, 2.75) is 38.9 Å². The maximum Gasteiger partial charge on any atom is 0.387 e. The van der Waals surface area contributed by atoms with Crippen molar-refractivity contribution in [3.8, 4) is 5.75 Å². The highest BCUT2D eigenvalue weighted by molar-refractivity contribution is 6.06. The normalized spacial score (nSPS) is 21.2. The highest BCUT2D eigenvalue weighted by Crippen LogP contribution is 2.40. The Balaban J connectivity index is 1.58. The summed E-state index contributed by atoms with van der Waals surface area (Å²) < 4.78 is 43.0. The van der Waals surface area contributed by atoms with Crippen molar-refractivity contribution in [3.63, 3.8) is 0 Å². The minimum absolute atomic E-state index is 0.0287. The molecule has 1 saturated heterocycles. The number of rotatable bonds is 8. The number of anilines is 2. The Morgan fingerprint density at radius 3 is 2.89 bits per heavy atom. The molecule has 1 amide bonds. The number of fused-ring (bicyclic) bond motifs is 1. The molecule has 8 nitrogen and oxygen atoms in total. The summed E-state index contributed by atoms with van der Waals surface area (Å²) in [6.07, 6.45) is 5.21. The summed E-state index contributed by atoms with van der Waals surface area (Å²) in [5.41, 5.74) is 3.66. The number of nitrogens with one attached hydrogen (secondary N) is 4. The van der Waals surface area contributed by atoms with Crippen LogP contribution in [-0.2, 0) is 15.9 Å². The molecular weight excluding hydrogens is 458 g/mol. The third-order valence-corrected chi connectivity index (χ3v) is 6.48. The van der Waals surface area contributed by atoms with Crippen LogP contribution in [0.15, 0.2) is 36.2 Å². The summed E-state index contributed by atoms with van der Waals surface area (Å²) in [6, 6.07) is 5.08. The number of benzene rings is 1. The van der Waals surface area contributed by atoms with Gasteiger partial charge in [-0.15, -0.1) is 0 Å². The van der Waals surface area contributed by atoms with Crippen LogP contribution in [0.5, 0.6) is 5.75 Å². The lowest BCUT2D eigenvalue weighted by molar-refractivity contribution is -0.161. The fourth-order valence-corrected chi connectivity index (χ4v) is 4.48. The highest BCUT2D eigenvalue weighted by Gasteiger charge is 2.35. The SMILES string of the molecule is Cc1cccc(Nc2c(C3=C(OCC4(C)CCO4)CNC=C3)[nH]c3c2C(=O)NCC3)c1OC(F)F. The first-order chi connectivity index (χ1) is 16.8. The molecule has 1 aromatic carbocycles. The topological polar surface area (TPSA) is 96.6 Å². The molecule has 4 N–H and O–H groups in total. The summed E-state index contributed by atoms with van der Waals surface area (Å²) in [4.78, 5) is 16.3. The first-order valence-corrected chi connectivity index (χ1v) is 11.6. The van der Waals surface area contributed by atoms with Gasteiger partial charge in [-0.3, -0.25) is 4.79 Å². The Morgan fingerprint density at radius 1 is 1.31 bits per heavy atom. The van der Waals surface area contributed by atoms with Crippen molar-refractivity contribution < 1.29 is 27.8 Å². The van der Waals surface area contributed by atoms with Crippen LogP contribution in [0.25, 0.3) is 5.57 Å². The van der Waals surface area contributed by atoms with Crippen molar-refractivity contribution in [1.29, 1.82) is 0 Å². The number of aromatic amines is 1. The molecule has 0 radical (unpaired) electrons. The van der Waals surface area contributed by atoms with Gasteiger partial charge in [-0.25, -0.2) is 0 Å². The Bertz CT molecular complexity index is 1200. The molecule has 0 saturated carbocycles. The van der Waals surface area contributed by atoms with Crippen molar-refractivity contribution in [2.24, 2.45) is 0 Å². The Hall–Kier alpha value is -3.53. The number of para-hydroxylation sites is 1. The molecule has 1 unspecified atom stereocenters. The highest BCUT2D eigenvalue weighted by atomic mass is 19.3. The van der Waals surface area contributed by atoms with Gasteiger partial charge < -0.3 is 35.1 Å². The molecule has 10 heteroatoms. The molecule has 186 valence electrons. The second-order valence-corrected chi connectivity index (χ2v) is 9.08. The molecule has 1 fully saturated rings. The summed E-state index contributed by atoms with van der Waals surface area (Å²) in [5, 5.41) is 9.25. The Morgan fingerprint density at radius 2 is 2.14 bits per heavy atom. The molecule has 0 bridgehead atoms. The van der Waals surface area contributed by atoms with Gasteiger partial charge in [-0.05, 0) is 37.8 Å². The van der Waals surface area contributed by atoms with E-state index >= 15 is 0 Å². The third-order valence-electron chi connectivity index (χ3n) is 6.48. The zero-order valence-electron chi connectivity index (χ0n) is 19.6. The van der Waals surface area contributed by atoms with Gasteiger partial charge in [0.15, 0.2) is 5.75 Å². The van der Waals surface area contributed by atoms with E-state index in [-0.39, 0.29) is 17.3 Å². The van der Waals surface area contributed by atoms with Gasteiger partial charge in [0.1, 0.15) is 18.0 Å². The number of aromatic nitrogens is 1. The molecule has 0 spiro atoms. The molecule has 0 aliphatic carbocycles. The number of hydrogen-bond donors (Lipinski definition) is 4. The van der Waals surface area contributed by atoms with Crippen LogP contribution in [-0.4, -0.2) is 49.4 Å². The van der Waals surface area contributed by atoms with Crippen molar-refractivity contribution in [3.05, 3.63) is 58.7 Å². The number of halogens is 2. The number of allylic oxidation sites excluding steroid dienone is 2. The lowest BCUT2D eigenvalue weighted by Gasteiger charge is -2.38. The Kier molecular flexibility index (Phi) is 6.14. The van der Waals surface area contributed by atoms with Gasteiger partial charge in [-0.1, -0.05) is 12.1 Å². The van der Waals surface area contributed by atoms with Gasteiger partial charge in [-0.2, -0.15) is 8.78 Å². The van der Waals surface area contributed by atoms with E-state index in [1.54, 1.807) is 25.1 Å². The van der Waals surface area contributed by atoms with Crippen LogP contribution >= 0.6 is 0 Å². The third kappa shape index (κ3) is 4.58. The van der Waals surface area contributed by atoms with E-state index in [4.69, 9.17) is 14.2 Å². The van der Waals surface area contributed by atoms with Gasteiger partial charge in [0.05, 0.1) is 35.8 Å². The fourth-order valence-electron chi connectivity index (χ4n) is 4.48. The van der Waals surface area contributed by atoms with Crippen LogP contribution in [0.1, 0.15) is 40.7 Å². The number of H-pyrrole nitrogens is 1. The summed E-state index contributed by atoms with van der Waals surface area (Å²) in [5.74, 6) is 0.483. The van der Waals surface area contributed by atoms with Crippen LogP contribution < -0.4 is 20.7 Å². The lowest BCUT2D eigenvalue weighted by Crippen LogP contribution is -2.45. The second-order valence-electron chi connectivity index (χ2n) is 9.08. The van der Waals surface area contributed by atoms with Crippen molar-refractivity contribution >= 4 is 22.9 Å². The Labute approximate surface area is 201 Å². The molecular formula is C25H28F2N4O4. The van der Waals surface area contributed by atoms with Crippen molar-refractivity contribution in [1.82, 2.24) is 15.6 Å². The molecule has 35 heavy (non-hydrogen) atoms. The van der Waals surface area contributed by atoms with Gasteiger partial charge in [0.2, 0.25) is 0 Å². The monoisotopic (exact) mass is 486 g/mol. The number of carbonyl (C=O) groups excluding carboxylic acids is 1. The van der Waals surface area contributed by atoms with E-state index in [9.17, 15) is 13.6 Å². The zero-order chi connectivity index (χ0) is 24.6. The lowest BCUT2D eigenvalue weighted by atomic mass is 9.99. The number of dihydropyridines is 1. The second kappa shape index (κ2) is 9.26. The zero-order valence-corrected chi connectivity index (χ0v) is 19.6. The number of alkyl halides is 2. The average Bonchev–Trinajstić information content (AvgIpc) is 3.18. The van der Waals surface area contributed by atoms with Crippen LogP contribution in [0.3, 0.4) is 0 Å². The molecule has 4 heterocycles. The minimum atomic E-state index is -2.98. The molecule has 3 aliphatic heterocycles. The summed E-state index contributed by atoms with van der Waals surface area (Å²) in [7, 11) is 0. The first kappa shape index (κ1) is 23.2. The molecule has 5 rings (SSSR count). The maximum absolute atomic E-state index is 13.2. The first-order valence-electron chi connectivity index (χ1n) is 11.6. The van der Waals surface area contributed by atoms with Crippen LogP contribution in [0, 0.1) is 6.92 Å². The smallest absolute Gasteiger partial charge is 0.387 e. The predicted molar refractivity (Wildman–Crippen MR) is 127 cm³/mol. The quantitative estimate of drug-likeness (QED) is 0.451. The van der Waals surface area contributed by atoms with E-state index < -0.39 is 6.61 Å². The minimum Gasteiger partial charge on any atom is -0.492 e. The fraction of sp³-hybridized carbons (Fsp3) is 0.400. The van der Waals surface area contributed by atoms with Gasteiger partial charge in [0, 0.05) is 30.7 Å². The van der Waals surface area contributed by atoms with Gasteiger partial charge >= 0.3 is 6.61 Å². The number of carbonyl (C=O) groups is 1. The molecule has 1 aromatic heterocycles. The van der Waals surface area contributed by atoms with Crippen LogP contribution in [0.2, 0.25) is 0 Å². The van der Waals surface area contributed by atoms with Gasteiger partial charge in [0.25, 0.3) is 5.91 Å². The van der Waals surface area contributed by atoms with Crippen molar-refractivity contribution in [2.75, 3.05) is 31.6 Å². The number of amides is 1. The van der Waals surface area contributed by atoms with E-state index in [0.717, 1.165) is 24.3 Å². The number of aryl methyl sites for hydroxylation is 1. The molecule has 1 atom stereocenters. The number of ether oxygens (including phenoxy) is 3. The average molecular weight is 487 g/mol. The van der Waals surface area contributed by atoms with E-state index in [1.807, 2.05) is 19.2 Å². The molecule has 2 aromatic rings. The summed E-state index contributed by atoms with van der Waals surface area (Å²) >= 11 is 0. The standard InChI is InChI=1S/C25H28F2N4O4/c1-14-4-3-5-17(22(14)35-24(26)27)31-21-19-16(7-10-29-23(19)32)30-20(21)15-6-9-28-12-18(15)33-13-25(2)8-11-34-25/h3-6,9,24,28,30-31H,7-8,10-13H2,1-2H3,(H,29,32). The van der Waals surface area contributed by atoms with E-state index in [2.05, 4.69) is 20.9 Å². The largest absolute Gasteiger partial charge is 0.492 e. The van der Waals surface area contributed by atoms with Crippen LogP contribution in [0.4, 0.5) is 20.2 Å². The van der Waals surface area contributed by atoms with E-state index in [1.165, 1.54) is 0 Å². The number of hydrogen-bond acceptors (Lipinski definition) is 6. The molecule has 3 aliphatic rings.